The van der Waals surface area contributed by atoms with Crippen molar-refractivity contribution < 1.29 is 14.3 Å². The minimum absolute atomic E-state index is 0.331. The molecule has 2 N–H and O–H groups in total. The number of hydrogen-bond donors (Lipinski definition) is 2. The third-order valence-corrected chi connectivity index (χ3v) is 3.64. The summed E-state index contributed by atoms with van der Waals surface area (Å²) in [6.07, 6.45) is 0. The summed E-state index contributed by atoms with van der Waals surface area (Å²) >= 11 is 3.39. The van der Waals surface area contributed by atoms with Gasteiger partial charge in [-0.2, -0.15) is 0 Å². The molecule has 0 atom stereocenters. The molecule has 24 heavy (non-hydrogen) atoms. The van der Waals surface area contributed by atoms with Gasteiger partial charge in [-0.15, -0.1) is 0 Å². The van der Waals surface area contributed by atoms with Crippen molar-refractivity contribution in [1.29, 1.82) is 0 Å². The molecule has 0 saturated carbocycles. The number of aromatic nitrogens is 2. The highest BCUT2D eigenvalue weighted by Crippen LogP contribution is 2.36. The van der Waals surface area contributed by atoms with Gasteiger partial charge in [0.15, 0.2) is 11.5 Å². The number of methoxy groups -OCH3 is 1. The first-order valence-electron chi connectivity index (χ1n) is 7.33. The fourth-order valence-electron chi connectivity index (χ4n) is 2.10. The summed E-state index contributed by atoms with van der Waals surface area (Å²) in [6, 6.07) is 5.11. The molecule has 2 rings (SSSR count). The van der Waals surface area contributed by atoms with Crippen LogP contribution < -0.4 is 20.3 Å². The molecule has 0 saturated heterocycles. The van der Waals surface area contributed by atoms with Crippen LogP contribution in [0.4, 0.5) is 5.95 Å². The molecule has 1 aromatic heterocycles. The fraction of sp³-hybridized carbons (Fsp3) is 0.312. The molecule has 1 heterocycles. The summed E-state index contributed by atoms with van der Waals surface area (Å²) in [4.78, 5) is 20.7. The van der Waals surface area contributed by atoms with Crippen LogP contribution >= 0.6 is 15.9 Å². The van der Waals surface area contributed by atoms with Gasteiger partial charge >= 0.3 is 0 Å². The van der Waals surface area contributed by atoms with Crippen molar-refractivity contribution in [3.63, 3.8) is 0 Å². The molecule has 8 heteroatoms. The summed E-state index contributed by atoms with van der Waals surface area (Å²) in [5.74, 6) is 1.01. The first-order chi connectivity index (χ1) is 11.4. The molecule has 0 aliphatic heterocycles. The van der Waals surface area contributed by atoms with Crippen LogP contribution in [0.15, 0.2) is 22.7 Å². The summed E-state index contributed by atoms with van der Waals surface area (Å²) in [7, 11) is 1.52. The number of hydrazine groups is 1. The molecule has 128 valence electrons. The van der Waals surface area contributed by atoms with Gasteiger partial charge < -0.3 is 9.47 Å². The molecule has 0 unspecified atom stereocenters. The third kappa shape index (κ3) is 4.35. The lowest BCUT2D eigenvalue weighted by molar-refractivity contribution is 0.0961. The van der Waals surface area contributed by atoms with Gasteiger partial charge in [0.05, 0.1) is 18.2 Å². The van der Waals surface area contributed by atoms with E-state index in [0.717, 1.165) is 11.4 Å². The zero-order valence-corrected chi connectivity index (χ0v) is 15.5. The number of ether oxygens (including phenoxy) is 2. The van der Waals surface area contributed by atoms with E-state index in [0.29, 0.717) is 34.1 Å². The second kappa shape index (κ2) is 7.96. The van der Waals surface area contributed by atoms with Gasteiger partial charge in [0, 0.05) is 17.0 Å². The zero-order chi connectivity index (χ0) is 17.7. The quantitative estimate of drug-likeness (QED) is 0.732. The Morgan fingerprint density at radius 2 is 1.88 bits per heavy atom. The minimum Gasteiger partial charge on any atom is -0.493 e. The molecule has 0 fully saturated rings. The lowest BCUT2D eigenvalue weighted by atomic mass is 10.2. The molecule has 1 aromatic carbocycles. The Kier molecular flexibility index (Phi) is 5.97. The third-order valence-electron chi connectivity index (χ3n) is 3.05. The Morgan fingerprint density at radius 3 is 2.46 bits per heavy atom. The maximum atomic E-state index is 12.3. The van der Waals surface area contributed by atoms with Crippen molar-refractivity contribution in [2.45, 2.75) is 20.8 Å². The highest BCUT2D eigenvalue weighted by atomic mass is 79.9. The summed E-state index contributed by atoms with van der Waals surface area (Å²) in [6.45, 7) is 6.08. The number of halogens is 1. The molecule has 2 aromatic rings. The summed E-state index contributed by atoms with van der Waals surface area (Å²) in [5.41, 5.74) is 7.30. The Labute approximate surface area is 148 Å². The normalized spacial score (nSPS) is 10.2. The van der Waals surface area contributed by atoms with Crippen LogP contribution in [0.5, 0.6) is 11.5 Å². The number of aryl methyl sites for hydroxylation is 2. The number of nitrogens with zero attached hydrogens (tertiary/aromatic N) is 2. The number of carbonyl (C=O) groups is 1. The number of rotatable bonds is 6. The van der Waals surface area contributed by atoms with Gasteiger partial charge in [0.2, 0.25) is 5.95 Å². The smallest absolute Gasteiger partial charge is 0.269 e. The van der Waals surface area contributed by atoms with E-state index in [1.165, 1.54) is 7.11 Å². The average molecular weight is 395 g/mol. The largest absolute Gasteiger partial charge is 0.493 e. The first kappa shape index (κ1) is 18.0. The van der Waals surface area contributed by atoms with E-state index in [2.05, 4.69) is 36.7 Å². The second-order valence-electron chi connectivity index (χ2n) is 4.98. The van der Waals surface area contributed by atoms with Crippen LogP contribution in [-0.2, 0) is 0 Å². The lowest BCUT2D eigenvalue weighted by Gasteiger charge is -2.13. The number of amides is 1. The van der Waals surface area contributed by atoms with Gasteiger partial charge in [-0.1, -0.05) is 0 Å². The van der Waals surface area contributed by atoms with Crippen molar-refractivity contribution >= 4 is 27.8 Å². The Morgan fingerprint density at radius 1 is 1.21 bits per heavy atom. The fourth-order valence-corrected chi connectivity index (χ4v) is 2.66. The monoisotopic (exact) mass is 394 g/mol. The molecule has 0 aliphatic rings. The van der Waals surface area contributed by atoms with Gasteiger partial charge in [-0.25, -0.2) is 9.97 Å². The Hall–Kier alpha value is -2.35. The molecular weight excluding hydrogens is 376 g/mol. The number of nitrogens with one attached hydrogen (secondary N) is 2. The predicted molar refractivity (Wildman–Crippen MR) is 94.5 cm³/mol. The van der Waals surface area contributed by atoms with Crippen LogP contribution in [-0.4, -0.2) is 29.6 Å². The van der Waals surface area contributed by atoms with E-state index in [4.69, 9.17) is 9.47 Å². The van der Waals surface area contributed by atoms with Crippen LogP contribution in [0.3, 0.4) is 0 Å². The van der Waals surface area contributed by atoms with Crippen LogP contribution in [0, 0.1) is 13.8 Å². The van der Waals surface area contributed by atoms with E-state index in [9.17, 15) is 4.79 Å². The highest BCUT2D eigenvalue weighted by Gasteiger charge is 2.15. The summed E-state index contributed by atoms with van der Waals surface area (Å²) < 4.78 is 11.4. The van der Waals surface area contributed by atoms with Crippen molar-refractivity contribution in [2.75, 3.05) is 19.1 Å². The van der Waals surface area contributed by atoms with E-state index >= 15 is 0 Å². The van der Waals surface area contributed by atoms with Crippen LogP contribution in [0.1, 0.15) is 28.7 Å². The van der Waals surface area contributed by atoms with Gasteiger partial charge in [-0.3, -0.25) is 15.6 Å². The van der Waals surface area contributed by atoms with Crippen LogP contribution in [0.25, 0.3) is 0 Å². The van der Waals surface area contributed by atoms with Crippen molar-refractivity contribution in [2.24, 2.45) is 0 Å². The van der Waals surface area contributed by atoms with Gasteiger partial charge in [0.25, 0.3) is 5.91 Å². The zero-order valence-electron chi connectivity index (χ0n) is 13.9. The molecule has 0 aliphatic carbocycles. The van der Waals surface area contributed by atoms with E-state index in [1.54, 1.807) is 12.1 Å². The Balaban J connectivity index is 2.16. The number of carbonyl (C=O) groups excluding carboxylic acids is 1. The van der Waals surface area contributed by atoms with E-state index in [-0.39, 0.29) is 5.91 Å². The molecule has 0 spiro atoms. The number of hydrogen-bond acceptors (Lipinski definition) is 6. The predicted octanol–water partition coefficient (Wildman–Crippen LogP) is 3.02. The lowest BCUT2D eigenvalue weighted by Crippen LogP contribution is -2.30. The first-order valence-corrected chi connectivity index (χ1v) is 8.12. The second-order valence-corrected chi connectivity index (χ2v) is 5.83. The van der Waals surface area contributed by atoms with Crippen LogP contribution in [0.2, 0.25) is 0 Å². The average Bonchev–Trinajstić information content (AvgIpc) is 2.53. The molecule has 0 radical (unpaired) electrons. The number of anilines is 1. The van der Waals surface area contributed by atoms with E-state index < -0.39 is 0 Å². The summed E-state index contributed by atoms with van der Waals surface area (Å²) in [5, 5.41) is 0. The maximum absolute atomic E-state index is 12.3. The highest BCUT2D eigenvalue weighted by molar-refractivity contribution is 9.10. The molecular formula is C16H19BrN4O3. The van der Waals surface area contributed by atoms with Gasteiger partial charge in [-0.05, 0) is 54.9 Å². The topological polar surface area (TPSA) is 85.4 Å². The molecule has 0 bridgehead atoms. The van der Waals surface area contributed by atoms with Crippen molar-refractivity contribution in [1.82, 2.24) is 15.4 Å². The molecule has 7 nitrogen and oxygen atoms in total. The van der Waals surface area contributed by atoms with Crippen molar-refractivity contribution in [3.05, 3.63) is 39.6 Å². The van der Waals surface area contributed by atoms with E-state index in [1.807, 2.05) is 26.8 Å². The maximum Gasteiger partial charge on any atom is 0.269 e. The van der Waals surface area contributed by atoms with Crippen molar-refractivity contribution in [3.8, 4) is 11.5 Å². The number of benzene rings is 1. The SMILES string of the molecule is CCOc1c(Br)cc(C(=O)NNc2nc(C)cc(C)n2)cc1OC. The van der Waals surface area contributed by atoms with Gasteiger partial charge in [0.1, 0.15) is 0 Å². The standard InChI is InChI=1S/C16H19BrN4O3/c1-5-24-14-12(17)7-11(8-13(14)23-4)15(22)20-21-16-18-9(2)6-10(3)19-16/h6-8H,5H2,1-4H3,(H,20,22)(H,18,19,21). The Bertz CT molecular complexity index is 732. The molecule has 1 amide bonds. The minimum atomic E-state index is -0.347.